The normalized spacial score (nSPS) is 23.3. The van der Waals surface area contributed by atoms with Crippen molar-refractivity contribution in [1.29, 1.82) is 0 Å². The molecule has 0 aliphatic heterocycles. The number of unbranched alkanes of at least 4 members (excludes halogenated alkanes) is 1. The second-order valence-corrected chi connectivity index (χ2v) is 13.6. The number of phenols is 1. The first kappa shape index (κ1) is 28.9. The summed E-state index contributed by atoms with van der Waals surface area (Å²) in [5, 5.41) is 11.2. The van der Waals surface area contributed by atoms with Crippen molar-refractivity contribution in [3.8, 4) is 5.75 Å². The number of ether oxygens (including phenoxy) is 1. The molecule has 2 rings (SSSR count). The van der Waals surface area contributed by atoms with E-state index in [4.69, 9.17) is 9.73 Å². The fourth-order valence-electron chi connectivity index (χ4n) is 5.36. The lowest BCUT2D eigenvalue weighted by molar-refractivity contribution is -0.118. The zero-order valence-electron chi connectivity index (χ0n) is 24.1. The van der Waals surface area contributed by atoms with Crippen LogP contribution in [0.2, 0.25) is 0 Å². The van der Waals surface area contributed by atoms with E-state index in [1.54, 1.807) is 0 Å². The summed E-state index contributed by atoms with van der Waals surface area (Å²) in [7, 11) is 0. The average Bonchev–Trinajstić information content (AvgIpc) is 2.69. The Morgan fingerprint density at radius 1 is 1.15 bits per heavy atom. The third-order valence-corrected chi connectivity index (χ3v) is 7.74. The highest BCUT2D eigenvalue weighted by atomic mass is 16.5. The minimum atomic E-state index is -0.144. The van der Waals surface area contributed by atoms with Crippen molar-refractivity contribution < 1.29 is 9.84 Å². The lowest BCUT2D eigenvalue weighted by Crippen LogP contribution is -2.44. The van der Waals surface area contributed by atoms with Gasteiger partial charge in [0.2, 0.25) is 0 Å². The molecule has 1 fully saturated rings. The maximum atomic E-state index is 11.2. The summed E-state index contributed by atoms with van der Waals surface area (Å²) in [5.41, 5.74) is 3.08. The van der Waals surface area contributed by atoms with E-state index < -0.39 is 0 Å². The highest BCUT2D eigenvalue weighted by Gasteiger charge is 2.39. The molecule has 0 spiro atoms. The van der Waals surface area contributed by atoms with Crippen molar-refractivity contribution in [2.75, 3.05) is 0 Å². The van der Waals surface area contributed by atoms with Crippen LogP contribution in [0.15, 0.2) is 17.1 Å². The minimum Gasteiger partial charge on any atom is -0.507 e. The van der Waals surface area contributed by atoms with Gasteiger partial charge >= 0.3 is 0 Å². The predicted molar refractivity (Wildman–Crippen MR) is 148 cm³/mol. The SMILES string of the molecule is CCCCC(/N=C/c1cc(C(C)(C)C)cc(C(C)(C)C)c1O)C(C)OC1C(C)CCCC1(C)C. The molecule has 1 aromatic rings. The molecule has 3 heteroatoms. The zero-order valence-corrected chi connectivity index (χ0v) is 24.1. The van der Waals surface area contributed by atoms with Gasteiger partial charge in [0.25, 0.3) is 0 Å². The Morgan fingerprint density at radius 2 is 1.79 bits per heavy atom. The van der Waals surface area contributed by atoms with Crippen molar-refractivity contribution in [1.82, 2.24) is 0 Å². The molecular weight excluding hydrogens is 418 g/mol. The number of nitrogens with zero attached hydrogens (tertiary/aromatic N) is 1. The Balaban J connectivity index is 2.39. The van der Waals surface area contributed by atoms with Crippen molar-refractivity contribution >= 4 is 6.21 Å². The molecule has 0 bridgehead atoms. The van der Waals surface area contributed by atoms with Gasteiger partial charge in [-0.3, -0.25) is 4.99 Å². The van der Waals surface area contributed by atoms with Crippen LogP contribution in [-0.4, -0.2) is 29.6 Å². The van der Waals surface area contributed by atoms with E-state index in [1.807, 2.05) is 6.21 Å². The van der Waals surface area contributed by atoms with Gasteiger partial charge in [-0.2, -0.15) is 0 Å². The highest BCUT2D eigenvalue weighted by molar-refractivity contribution is 5.85. The molecule has 1 aliphatic rings. The van der Waals surface area contributed by atoms with Crippen LogP contribution < -0.4 is 0 Å². The van der Waals surface area contributed by atoms with Crippen LogP contribution in [0.4, 0.5) is 0 Å². The van der Waals surface area contributed by atoms with Gasteiger partial charge in [0.15, 0.2) is 0 Å². The topological polar surface area (TPSA) is 41.8 Å². The molecule has 194 valence electrons. The molecule has 34 heavy (non-hydrogen) atoms. The van der Waals surface area contributed by atoms with Crippen LogP contribution in [0.25, 0.3) is 0 Å². The van der Waals surface area contributed by atoms with Crippen LogP contribution >= 0.6 is 0 Å². The van der Waals surface area contributed by atoms with Gasteiger partial charge in [-0.05, 0) is 60.0 Å². The first-order chi connectivity index (χ1) is 15.6. The first-order valence-corrected chi connectivity index (χ1v) is 13.6. The van der Waals surface area contributed by atoms with Gasteiger partial charge in [-0.25, -0.2) is 0 Å². The Morgan fingerprint density at radius 3 is 2.32 bits per heavy atom. The number of hydrogen-bond acceptors (Lipinski definition) is 3. The van der Waals surface area contributed by atoms with E-state index in [0.29, 0.717) is 11.7 Å². The third-order valence-electron chi connectivity index (χ3n) is 7.74. The quantitative estimate of drug-likeness (QED) is 0.386. The van der Waals surface area contributed by atoms with E-state index >= 15 is 0 Å². The number of aromatic hydroxyl groups is 1. The molecule has 1 N–H and O–H groups in total. The molecule has 0 saturated heterocycles. The number of rotatable bonds is 8. The summed E-state index contributed by atoms with van der Waals surface area (Å²) >= 11 is 0. The van der Waals surface area contributed by atoms with Crippen molar-refractivity contribution in [3.05, 3.63) is 28.8 Å². The fraction of sp³-hybridized carbons (Fsp3) is 0.774. The van der Waals surface area contributed by atoms with Gasteiger partial charge in [0.1, 0.15) is 5.75 Å². The lowest BCUT2D eigenvalue weighted by atomic mass is 9.70. The summed E-state index contributed by atoms with van der Waals surface area (Å²) in [6, 6.07) is 4.36. The summed E-state index contributed by atoms with van der Waals surface area (Å²) in [4.78, 5) is 5.07. The molecule has 4 unspecified atom stereocenters. The van der Waals surface area contributed by atoms with Crippen LogP contribution in [0, 0.1) is 11.3 Å². The van der Waals surface area contributed by atoms with Crippen LogP contribution in [0.5, 0.6) is 5.75 Å². The van der Waals surface area contributed by atoms with Crippen molar-refractivity contribution in [2.45, 2.75) is 144 Å². The smallest absolute Gasteiger partial charge is 0.128 e. The Hall–Kier alpha value is -1.35. The van der Waals surface area contributed by atoms with Gasteiger partial charge in [0, 0.05) is 17.3 Å². The van der Waals surface area contributed by atoms with Gasteiger partial charge in [-0.1, -0.05) is 94.6 Å². The van der Waals surface area contributed by atoms with E-state index in [-0.39, 0.29) is 34.5 Å². The molecule has 1 aromatic carbocycles. The minimum absolute atomic E-state index is 0.00297. The van der Waals surface area contributed by atoms with Crippen molar-refractivity contribution in [3.63, 3.8) is 0 Å². The fourth-order valence-corrected chi connectivity index (χ4v) is 5.36. The predicted octanol–water partition coefficient (Wildman–Crippen LogP) is 8.58. The van der Waals surface area contributed by atoms with Crippen molar-refractivity contribution in [2.24, 2.45) is 16.3 Å². The van der Waals surface area contributed by atoms with Crippen LogP contribution in [0.1, 0.15) is 131 Å². The molecule has 0 amide bonds. The second-order valence-electron chi connectivity index (χ2n) is 13.6. The molecule has 1 saturated carbocycles. The second kappa shape index (κ2) is 11.1. The van der Waals surface area contributed by atoms with Crippen LogP contribution in [0.3, 0.4) is 0 Å². The maximum Gasteiger partial charge on any atom is 0.128 e. The molecular formula is C31H53NO2. The lowest BCUT2D eigenvalue weighted by Gasteiger charge is -2.44. The number of aliphatic imine (C=N–C) groups is 1. The summed E-state index contributed by atoms with van der Waals surface area (Å²) in [6.45, 7) is 24.6. The molecule has 3 nitrogen and oxygen atoms in total. The van der Waals surface area contributed by atoms with Gasteiger partial charge < -0.3 is 9.84 Å². The molecule has 0 radical (unpaired) electrons. The third kappa shape index (κ3) is 7.33. The van der Waals surface area contributed by atoms with Gasteiger partial charge in [-0.15, -0.1) is 0 Å². The Bertz CT molecular complexity index is 825. The standard InChI is InChI=1S/C31H53NO2/c1-12-13-16-26(22(3)34-28-21(2)15-14-17-31(28,10)11)32-20-23-18-24(29(4,5)6)19-25(27(23)33)30(7,8)9/h18-22,26,28,33H,12-17H2,1-11H3/b32-20+. The van der Waals surface area contributed by atoms with E-state index in [2.05, 4.69) is 88.3 Å². The first-order valence-electron chi connectivity index (χ1n) is 13.6. The van der Waals surface area contributed by atoms with Crippen LogP contribution in [-0.2, 0) is 15.6 Å². The Labute approximate surface area is 210 Å². The average molecular weight is 472 g/mol. The number of hydrogen-bond donors (Lipinski definition) is 1. The van der Waals surface area contributed by atoms with E-state index in [1.165, 1.54) is 24.8 Å². The summed E-state index contributed by atoms with van der Waals surface area (Å²) < 4.78 is 6.78. The summed E-state index contributed by atoms with van der Waals surface area (Å²) in [5.74, 6) is 0.929. The maximum absolute atomic E-state index is 11.2. The van der Waals surface area contributed by atoms with Gasteiger partial charge in [0.05, 0.1) is 18.2 Å². The number of benzene rings is 1. The van der Waals surface area contributed by atoms with E-state index in [0.717, 1.165) is 30.4 Å². The number of phenolic OH excluding ortho intramolecular Hbond substituents is 1. The molecule has 4 atom stereocenters. The molecule has 0 aromatic heterocycles. The largest absolute Gasteiger partial charge is 0.507 e. The Kier molecular flexibility index (Phi) is 9.47. The molecule has 0 heterocycles. The highest BCUT2D eigenvalue weighted by Crippen LogP contribution is 2.42. The monoisotopic (exact) mass is 471 g/mol. The van der Waals surface area contributed by atoms with E-state index in [9.17, 15) is 5.11 Å². The molecule has 1 aliphatic carbocycles. The summed E-state index contributed by atoms with van der Waals surface area (Å²) in [6.07, 6.45) is 9.25. The zero-order chi connectivity index (χ0) is 25.9.